The number of hydrogen-bond acceptors (Lipinski definition) is 6. The predicted molar refractivity (Wildman–Crippen MR) is 65.4 cm³/mol. The number of amides is 1. The van der Waals surface area contributed by atoms with Crippen LogP contribution in [0, 0.1) is 0 Å². The summed E-state index contributed by atoms with van der Waals surface area (Å²) in [5.74, 6) is -0.188. The van der Waals surface area contributed by atoms with Crippen LogP contribution < -0.4 is 10.6 Å². The van der Waals surface area contributed by atoms with E-state index in [1.165, 1.54) is 11.3 Å². The number of nitrogens with zero attached hydrogens (tertiary/aromatic N) is 2. The van der Waals surface area contributed by atoms with E-state index in [-0.39, 0.29) is 18.1 Å². The van der Waals surface area contributed by atoms with Gasteiger partial charge in [-0.1, -0.05) is 11.3 Å². The lowest BCUT2D eigenvalue weighted by molar-refractivity contribution is 0.0712. The second kappa shape index (κ2) is 5.42. The van der Waals surface area contributed by atoms with Crippen molar-refractivity contribution in [1.29, 1.82) is 0 Å². The average Bonchev–Trinajstić information content (AvgIpc) is 3.00. The van der Waals surface area contributed by atoms with Crippen molar-refractivity contribution >= 4 is 22.4 Å². The molecule has 0 bridgehead atoms. The Hall–Kier alpha value is -1.21. The summed E-state index contributed by atoms with van der Waals surface area (Å²) in [4.78, 5) is 11.9. The molecule has 2 rings (SSSR count). The van der Waals surface area contributed by atoms with Crippen LogP contribution in [-0.4, -0.2) is 41.9 Å². The molecule has 94 valence electrons. The third-order valence-electron chi connectivity index (χ3n) is 2.71. The molecule has 1 aliphatic rings. The van der Waals surface area contributed by atoms with Crippen molar-refractivity contribution in [2.45, 2.75) is 31.9 Å². The summed E-state index contributed by atoms with van der Waals surface area (Å²) in [6.45, 7) is 2.74. The van der Waals surface area contributed by atoms with E-state index >= 15 is 0 Å². The number of aromatic nitrogens is 2. The van der Waals surface area contributed by atoms with Crippen LogP contribution in [0.3, 0.4) is 0 Å². The zero-order chi connectivity index (χ0) is 12.3. The normalized spacial score (nSPS) is 21.2. The molecule has 17 heavy (non-hydrogen) atoms. The number of nitrogens with one attached hydrogen (secondary N) is 2. The first-order chi connectivity index (χ1) is 8.20. The lowest BCUT2D eigenvalue weighted by atomic mass is 10.1. The van der Waals surface area contributed by atoms with Gasteiger partial charge >= 0.3 is 0 Å². The molecule has 1 aromatic heterocycles. The summed E-state index contributed by atoms with van der Waals surface area (Å²) < 4.78 is 5.52. The van der Waals surface area contributed by atoms with Crippen molar-refractivity contribution in [3.63, 3.8) is 0 Å². The van der Waals surface area contributed by atoms with E-state index < -0.39 is 0 Å². The van der Waals surface area contributed by atoms with Gasteiger partial charge in [-0.2, -0.15) is 0 Å². The number of rotatable bonds is 4. The maximum atomic E-state index is 11.9. The fraction of sp³-hybridized carbons (Fsp3) is 0.700. The van der Waals surface area contributed by atoms with Gasteiger partial charge in [0.1, 0.15) is 0 Å². The molecule has 2 heterocycles. The molecule has 0 aliphatic carbocycles. The molecule has 1 fully saturated rings. The van der Waals surface area contributed by atoms with Crippen LogP contribution in [0.25, 0.3) is 0 Å². The minimum Gasteiger partial charge on any atom is -0.376 e. The molecule has 0 aromatic carbocycles. The molecule has 0 spiro atoms. The average molecular weight is 256 g/mol. The Morgan fingerprint density at radius 3 is 3.00 bits per heavy atom. The fourth-order valence-electron chi connectivity index (χ4n) is 1.77. The van der Waals surface area contributed by atoms with E-state index in [1.54, 1.807) is 7.05 Å². The summed E-state index contributed by atoms with van der Waals surface area (Å²) in [6, 6.07) is 0.00642. The van der Waals surface area contributed by atoms with Crippen molar-refractivity contribution in [3.05, 3.63) is 5.01 Å². The second-order valence-electron chi connectivity index (χ2n) is 3.98. The van der Waals surface area contributed by atoms with Gasteiger partial charge < -0.3 is 15.4 Å². The first-order valence-corrected chi connectivity index (χ1v) is 6.46. The summed E-state index contributed by atoms with van der Waals surface area (Å²) in [5.41, 5.74) is 0. The summed E-state index contributed by atoms with van der Waals surface area (Å²) in [5, 5.41) is 14.4. The van der Waals surface area contributed by atoms with Crippen molar-refractivity contribution in [2.24, 2.45) is 0 Å². The van der Waals surface area contributed by atoms with Gasteiger partial charge in [0.25, 0.3) is 5.91 Å². The van der Waals surface area contributed by atoms with Gasteiger partial charge in [0.15, 0.2) is 0 Å². The molecule has 1 amide bonds. The predicted octanol–water partition coefficient (Wildman–Crippen LogP) is 0.877. The third kappa shape index (κ3) is 2.92. The highest BCUT2D eigenvalue weighted by Gasteiger charge is 2.25. The largest absolute Gasteiger partial charge is 0.376 e. The lowest BCUT2D eigenvalue weighted by Gasteiger charge is -2.18. The molecule has 1 aliphatic heterocycles. The van der Waals surface area contributed by atoms with Crippen LogP contribution in [0.4, 0.5) is 5.13 Å². The van der Waals surface area contributed by atoms with Gasteiger partial charge in [0, 0.05) is 13.7 Å². The Balaban J connectivity index is 1.91. The molecule has 6 nitrogen and oxygen atoms in total. The molecule has 0 radical (unpaired) electrons. The Morgan fingerprint density at radius 2 is 2.41 bits per heavy atom. The maximum absolute atomic E-state index is 11.9. The number of carbonyl (C=O) groups excluding carboxylic acids is 1. The van der Waals surface area contributed by atoms with Crippen LogP contribution in [0.2, 0.25) is 0 Å². The Morgan fingerprint density at radius 1 is 1.59 bits per heavy atom. The van der Waals surface area contributed by atoms with Gasteiger partial charge in [-0.3, -0.25) is 4.79 Å². The quantitative estimate of drug-likeness (QED) is 0.836. The number of anilines is 1. The molecule has 2 unspecified atom stereocenters. The van der Waals surface area contributed by atoms with Crippen LogP contribution >= 0.6 is 11.3 Å². The van der Waals surface area contributed by atoms with Gasteiger partial charge in [-0.05, 0) is 19.8 Å². The minimum absolute atomic E-state index is 0.00642. The lowest BCUT2D eigenvalue weighted by Crippen LogP contribution is -2.40. The van der Waals surface area contributed by atoms with Gasteiger partial charge in [0.2, 0.25) is 10.1 Å². The van der Waals surface area contributed by atoms with E-state index in [0.717, 1.165) is 19.4 Å². The van der Waals surface area contributed by atoms with Crippen molar-refractivity contribution < 1.29 is 9.53 Å². The van der Waals surface area contributed by atoms with E-state index in [4.69, 9.17) is 4.74 Å². The van der Waals surface area contributed by atoms with E-state index in [9.17, 15) is 4.79 Å². The molecule has 7 heteroatoms. The molecular weight excluding hydrogens is 240 g/mol. The third-order valence-corrected chi connectivity index (χ3v) is 3.65. The van der Waals surface area contributed by atoms with Crippen LogP contribution in [0.5, 0.6) is 0 Å². The van der Waals surface area contributed by atoms with Crippen molar-refractivity contribution in [1.82, 2.24) is 15.5 Å². The van der Waals surface area contributed by atoms with Crippen molar-refractivity contribution in [2.75, 3.05) is 19.0 Å². The van der Waals surface area contributed by atoms with E-state index in [1.807, 2.05) is 6.92 Å². The SMILES string of the molecule is CNc1nnc(C(=O)NC(C)C2CCCO2)s1. The Kier molecular flexibility index (Phi) is 3.90. The molecule has 0 saturated carbocycles. The summed E-state index contributed by atoms with van der Waals surface area (Å²) in [7, 11) is 1.75. The van der Waals surface area contributed by atoms with Crippen LogP contribution in [0.1, 0.15) is 29.6 Å². The number of carbonyl (C=O) groups is 1. The van der Waals surface area contributed by atoms with Gasteiger partial charge in [0.05, 0.1) is 12.1 Å². The standard InChI is InChI=1S/C10H16N4O2S/c1-6(7-4-3-5-16-7)12-8(15)9-13-14-10(11-2)17-9/h6-7H,3-5H2,1-2H3,(H,11,14)(H,12,15). The zero-order valence-electron chi connectivity index (χ0n) is 9.90. The maximum Gasteiger partial charge on any atom is 0.282 e. The number of ether oxygens (including phenoxy) is 1. The highest BCUT2D eigenvalue weighted by atomic mass is 32.1. The summed E-state index contributed by atoms with van der Waals surface area (Å²) >= 11 is 1.24. The van der Waals surface area contributed by atoms with E-state index in [0.29, 0.717) is 10.1 Å². The monoisotopic (exact) mass is 256 g/mol. The summed E-state index contributed by atoms with van der Waals surface area (Å²) in [6.07, 6.45) is 2.18. The van der Waals surface area contributed by atoms with Crippen LogP contribution in [0.15, 0.2) is 0 Å². The highest BCUT2D eigenvalue weighted by Crippen LogP contribution is 2.17. The Bertz CT molecular complexity index is 389. The molecular formula is C10H16N4O2S. The highest BCUT2D eigenvalue weighted by molar-refractivity contribution is 7.17. The number of hydrogen-bond donors (Lipinski definition) is 2. The van der Waals surface area contributed by atoms with Crippen LogP contribution in [-0.2, 0) is 4.74 Å². The van der Waals surface area contributed by atoms with E-state index in [2.05, 4.69) is 20.8 Å². The first-order valence-electron chi connectivity index (χ1n) is 5.64. The fourth-order valence-corrected chi connectivity index (χ4v) is 2.37. The van der Waals surface area contributed by atoms with Gasteiger partial charge in [-0.15, -0.1) is 10.2 Å². The molecule has 2 N–H and O–H groups in total. The molecule has 1 saturated heterocycles. The molecule has 2 atom stereocenters. The zero-order valence-corrected chi connectivity index (χ0v) is 10.7. The topological polar surface area (TPSA) is 76.1 Å². The minimum atomic E-state index is -0.188. The van der Waals surface area contributed by atoms with Gasteiger partial charge in [-0.25, -0.2) is 0 Å². The second-order valence-corrected chi connectivity index (χ2v) is 4.95. The first kappa shape index (κ1) is 12.3. The smallest absolute Gasteiger partial charge is 0.282 e. The molecule has 1 aromatic rings. The van der Waals surface area contributed by atoms with Crippen molar-refractivity contribution in [3.8, 4) is 0 Å². The Labute approximate surface area is 104 Å².